The van der Waals surface area contributed by atoms with Crippen molar-refractivity contribution < 1.29 is 28.7 Å². The van der Waals surface area contributed by atoms with Crippen LogP contribution in [0.5, 0.6) is 11.5 Å². The van der Waals surface area contributed by atoms with E-state index in [0.29, 0.717) is 22.3 Å². The van der Waals surface area contributed by atoms with Gasteiger partial charge in [-0.15, -0.1) is 0 Å². The predicted octanol–water partition coefficient (Wildman–Crippen LogP) is 2.47. The molecule has 1 saturated heterocycles. The number of piperazine rings is 1. The molecular formula is C24H16N2O6. The molecule has 0 saturated carbocycles. The van der Waals surface area contributed by atoms with Crippen LogP contribution in [-0.2, 0) is 9.59 Å². The highest BCUT2D eigenvalue weighted by molar-refractivity contribution is 6.02. The van der Waals surface area contributed by atoms with Crippen molar-refractivity contribution in [1.29, 1.82) is 0 Å². The molecule has 3 aliphatic rings. The average molecular weight is 428 g/mol. The van der Waals surface area contributed by atoms with Gasteiger partial charge in [-0.2, -0.15) is 0 Å². The first-order valence-electron chi connectivity index (χ1n) is 9.84. The van der Waals surface area contributed by atoms with Crippen molar-refractivity contribution >= 4 is 23.8 Å². The number of hydrogen-bond acceptors (Lipinski definition) is 6. The SMILES string of the molecule is O=C(Oc1cc2c(cc1OC(=O)c1ccccc1)[C@@H]1NC(=O)[C@H]2NC1=O)c1ccccc1. The second-order valence-electron chi connectivity index (χ2n) is 7.32. The third-order valence-corrected chi connectivity index (χ3v) is 5.29. The summed E-state index contributed by atoms with van der Waals surface area (Å²) in [5.41, 5.74) is 1.57. The normalized spacial score (nSPS) is 18.2. The fourth-order valence-electron chi connectivity index (χ4n) is 3.74. The number of rotatable bonds is 4. The Labute approximate surface area is 182 Å². The Hall–Kier alpha value is -4.46. The first kappa shape index (κ1) is 19.5. The zero-order valence-corrected chi connectivity index (χ0v) is 16.5. The van der Waals surface area contributed by atoms with Gasteiger partial charge in [-0.3, -0.25) is 9.59 Å². The summed E-state index contributed by atoms with van der Waals surface area (Å²) in [6.45, 7) is 0. The van der Waals surface area contributed by atoms with E-state index in [4.69, 9.17) is 9.47 Å². The molecule has 8 nitrogen and oxygen atoms in total. The Morgan fingerprint density at radius 2 is 1.00 bits per heavy atom. The number of hydrogen-bond donors (Lipinski definition) is 2. The van der Waals surface area contributed by atoms with Gasteiger partial charge in [0.1, 0.15) is 12.1 Å². The molecule has 2 bridgehead atoms. The number of fused-ring (bicyclic) bond motifs is 2. The van der Waals surface area contributed by atoms with Crippen LogP contribution in [0.1, 0.15) is 43.9 Å². The molecule has 0 spiro atoms. The van der Waals surface area contributed by atoms with Crippen LogP contribution in [0.15, 0.2) is 72.8 Å². The van der Waals surface area contributed by atoms with Crippen molar-refractivity contribution in [3.8, 4) is 11.5 Å². The molecule has 3 heterocycles. The number of nitrogens with one attached hydrogen (secondary N) is 2. The first-order chi connectivity index (χ1) is 15.5. The van der Waals surface area contributed by atoms with E-state index in [9.17, 15) is 19.2 Å². The number of carbonyl (C=O) groups excluding carboxylic acids is 4. The van der Waals surface area contributed by atoms with Gasteiger partial charge in [0, 0.05) is 0 Å². The summed E-state index contributed by atoms with van der Waals surface area (Å²) in [6, 6.07) is 17.7. The molecule has 0 aromatic heterocycles. The highest BCUT2D eigenvalue weighted by Gasteiger charge is 2.44. The van der Waals surface area contributed by atoms with Gasteiger partial charge in [-0.05, 0) is 47.5 Å². The molecular weight excluding hydrogens is 412 g/mol. The van der Waals surface area contributed by atoms with E-state index in [1.807, 2.05) is 0 Å². The van der Waals surface area contributed by atoms with E-state index in [1.54, 1.807) is 60.7 Å². The molecule has 3 aromatic carbocycles. The topological polar surface area (TPSA) is 111 Å². The minimum atomic E-state index is -0.921. The lowest BCUT2D eigenvalue weighted by molar-refractivity contribution is -0.138. The lowest BCUT2D eigenvalue weighted by Crippen LogP contribution is -2.57. The molecule has 8 heteroatoms. The van der Waals surface area contributed by atoms with Crippen molar-refractivity contribution in [1.82, 2.24) is 10.6 Å². The quantitative estimate of drug-likeness (QED) is 0.488. The van der Waals surface area contributed by atoms with E-state index in [1.165, 1.54) is 12.1 Å². The summed E-state index contributed by atoms with van der Waals surface area (Å²) in [5.74, 6) is -2.10. The maximum atomic E-state index is 12.7. The molecule has 3 aliphatic heterocycles. The number of benzene rings is 3. The Morgan fingerprint density at radius 3 is 1.38 bits per heavy atom. The highest BCUT2D eigenvalue weighted by atomic mass is 16.6. The first-order valence-corrected chi connectivity index (χ1v) is 9.84. The number of ether oxygens (including phenoxy) is 2. The van der Waals surface area contributed by atoms with Crippen molar-refractivity contribution in [2.45, 2.75) is 12.1 Å². The smallest absolute Gasteiger partial charge is 0.343 e. The second-order valence-corrected chi connectivity index (χ2v) is 7.32. The van der Waals surface area contributed by atoms with Crippen LogP contribution < -0.4 is 20.1 Å². The van der Waals surface area contributed by atoms with Gasteiger partial charge in [-0.25, -0.2) is 9.59 Å². The summed E-state index contributed by atoms with van der Waals surface area (Å²) in [6.07, 6.45) is 0. The standard InChI is InChI=1S/C24H16N2O6/c27-21-19-15-11-17(31-23(29)13-7-3-1-4-8-13)18(12-16(15)20(26-21)22(28)25-19)32-24(30)14-9-5-2-6-10-14/h1-12,19-20H,(H,25,28)(H,26,27)/t19-,20-/m0/s1. The average Bonchev–Trinajstić information content (AvgIpc) is 2.81. The summed E-state index contributed by atoms with van der Waals surface area (Å²) < 4.78 is 11.1. The minimum absolute atomic E-state index is 0.0310. The molecule has 0 radical (unpaired) electrons. The minimum Gasteiger partial charge on any atom is -0.419 e. The Kier molecular flexibility index (Phi) is 4.67. The fourth-order valence-corrected chi connectivity index (χ4v) is 3.74. The molecule has 2 amide bonds. The van der Waals surface area contributed by atoms with E-state index in [0.717, 1.165) is 0 Å². The van der Waals surface area contributed by atoms with Crippen molar-refractivity contribution in [2.75, 3.05) is 0 Å². The third-order valence-electron chi connectivity index (χ3n) is 5.29. The van der Waals surface area contributed by atoms with Crippen LogP contribution in [0.25, 0.3) is 0 Å². The molecule has 0 aliphatic carbocycles. The van der Waals surface area contributed by atoms with E-state index >= 15 is 0 Å². The molecule has 0 unspecified atom stereocenters. The number of esters is 2. The molecule has 32 heavy (non-hydrogen) atoms. The van der Waals surface area contributed by atoms with Gasteiger partial charge in [0.2, 0.25) is 11.8 Å². The summed E-state index contributed by atoms with van der Waals surface area (Å²) in [4.78, 5) is 49.8. The number of amides is 2. The maximum absolute atomic E-state index is 12.7. The molecule has 6 rings (SSSR count). The molecule has 1 fully saturated rings. The molecule has 2 atom stereocenters. The van der Waals surface area contributed by atoms with Crippen LogP contribution in [0.2, 0.25) is 0 Å². The van der Waals surface area contributed by atoms with Crippen LogP contribution in [0.3, 0.4) is 0 Å². The predicted molar refractivity (Wildman–Crippen MR) is 111 cm³/mol. The lowest BCUT2D eigenvalue weighted by atomic mass is 9.85. The van der Waals surface area contributed by atoms with Crippen LogP contribution in [0, 0.1) is 0 Å². The van der Waals surface area contributed by atoms with E-state index < -0.39 is 24.0 Å². The Balaban J connectivity index is 1.56. The zero-order chi connectivity index (χ0) is 22.2. The molecule has 3 aromatic rings. The van der Waals surface area contributed by atoms with E-state index in [-0.39, 0.29) is 23.3 Å². The van der Waals surface area contributed by atoms with Gasteiger partial charge < -0.3 is 20.1 Å². The summed E-state index contributed by atoms with van der Waals surface area (Å²) in [5, 5.41) is 5.24. The monoisotopic (exact) mass is 428 g/mol. The Bertz CT molecular complexity index is 1160. The van der Waals surface area contributed by atoms with Crippen molar-refractivity contribution in [3.05, 3.63) is 95.1 Å². The van der Waals surface area contributed by atoms with Gasteiger partial charge >= 0.3 is 11.9 Å². The highest BCUT2D eigenvalue weighted by Crippen LogP contribution is 2.42. The molecule has 2 N–H and O–H groups in total. The largest absolute Gasteiger partial charge is 0.419 e. The zero-order valence-electron chi connectivity index (χ0n) is 16.5. The van der Waals surface area contributed by atoms with Crippen molar-refractivity contribution in [2.24, 2.45) is 0 Å². The van der Waals surface area contributed by atoms with Gasteiger partial charge in [-0.1, -0.05) is 36.4 Å². The number of carbonyl (C=O) groups is 4. The lowest BCUT2D eigenvalue weighted by Gasteiger charge is -2.38. The third kappa shape index (κ3) is 3.37. The van der Waals surface area contributed by atoms with Crippen LogP contribution in [0.4, 0.5) is 0 Å². The van der Waals surface area contributed by atoms with Crippen LogP contribution in [-0.4, -0.2) is 23.8 Å². The summed E-state index contributed by atoms with van der Waals surface area (Å²) >= 11 is 0. The van der Waals surface area contributed by atoms with Crippen molar-refractivity contribution in [3.63, 3.8) is 0 Å². The van der Waals surface area contributed by atoms with Gasteiger partial charge in [0.15, 0.2) is 11.5 Å². The molecule has 158 valence electrons. The fraction of sp³-hybridized carbons (Fsp3) is 0.0833. The Morgan fingerprint density at radius 1 is 0.625 bits per heavy atom. The maximum Gasteiger partial charge on any atom is 0.343 e. The summed E-state index contributed by atoms with van der Waals surface area (Å²) in [7, 11) is 0. The van der Waals surface area contributed by atoms with E-state index in [2.05, 4.69) is 10.6 Å². The van der Waals surface area contributed by atoms with Gasteiger partial charge in [0.05, 0.1) is 11.1 Å². The van der Waals surface area contributed by atoms with Gasteiger partial charge in [0.25, 0.3) is 0 Å². The van der Waals surface area contributed by atoms with Crippen LogP contribution >= 0.6 is 0 Å². The second kappa shape index (κ2) is 7.66.